The molecule has 0 aliphatic heterocycles. The highest BCUT2D eigenvalue weighted by molar-refractivity contribution is 7.80. The van der Waals surface area contributed by atoms with E-state index in [4.69, 9.17) is 22.7 Å². The lowest BCUT2D eigenvalue weighted by Crippen LogP contribution is -2.29. The van der Waals surface area contributed by atoms with Gasteiger partial charge < -0.3 is 15.8 Å². The number of alkyl halides is 3. The molecule has 4 nitrogen and oxygen atoms in total. The van der Waals surface area contributed by atoms with Crippen molar-refractivity contribution in [3.05, 3.63) is 29.3 Å². The molecule has 0 aliphatic carbocycles. The first-order valence-corrected chi connectivity index (χ1v) is 6.51. The third kappa shape index (κ3) is 4.59. The van der Waals surface area contributed by atoms with E-state index >= 15 is 0 Å². The van der Waals surface area contributed by atoms with Crippen LogP contribution in [0.4, 0.5) is 18.9 Å². The van der Waals surface area contributed by atoms with Crippen molar-refractivity contribution in [3.8, 4) is 0 Å². The molecule has 0 saturated heterocycles. The van der Waals surface area contributed by atoms with Crippen molar-refractivity contribution in [3.63, 3.8) is 0 Å². The predicted molar refractivity (Wildman–Crippen MR) is 77.0 cm³/mol. The van der Waals surface area contributed by atoms with Gasteiger partial charge in [-0.3, -0.25) is 0 Å². The number of hydrogen-bond acceptors (Lipinski definition) is 4. The number of ether oxygens (including phenoxy) is 1. The van der Waals surface area contributed by atoms with Gasteiger partial charge in [0.2, 0.25) is 0 Å². The number of hydrogen-bond donors (Lipinski definition) is 2. The first-order valence-electron chi connectivity index (χ1n) is 6.11. The van der Waals surface area contributed by atoms with Crippen molar-refractivity contribution in [1.82, 2.24) is 0 Å². The van der Waals surface area contributed by atoms with E-state index in [9.17, 15) is 18.0 Å². The van der Waals surface area contributed by atoms with Gasteiger partial charge in [-0.25, -0.2) is 4.79 Å². The summed E-state index contributed by atoms with van der Waals surface area (Å²) in [5.74, 6) is -0.522. The molecule has 0 bridgehead atoms. The van der Waals surface area contributed by atoms with Crippen LogP contribution in [0, 0.1) is 0 Å². The van der Waals surface area contributed by atoms with Crippen molar-refractivity contribution in [2.24, 2.45) is 5.73 Å². The van der Waals surface area contributed by atoms with Gasteiger partial charge in [0.1, 0.15) is 11.0 Å². The Labute approximate surface area is 125 Å². The van der Waals surface area contributed by atoms with Gasteiger partial charge >= 0.3 is 12.1 Å². The first-order chi connectivity index (χ1) is 9.66. The third-order valence-corrected chi connectivity index (χ3v) is 2.84. The summed E-state index contributed by atoms with van der Waals surface area (Å²) in [7, 11) is 0. The van der Waals surface area contributed by atoms with Gasteiger partial charge in [0.25, 0.3) is 0 Å². The molecular weight excluding hydrogens is 305 g/mol. The Morgan fingerprint density at radius 2 is 2.10 bits per heavy atom. The van der Waals surface area contributed by atoms with E-state index in [1.54, 1.807) is 6.92 Å². The fraction of sp³-hybridized carbons (Fsp3) is 0.385. The first kappa shape index (κ1) is 17.2. The summed E-state index contributed by atoms with van der Waals surface area (Å²) in [4.78, 5) is 11.3. The molecule has 21 heavy (non-hydrogen) atoms. The predicted octanol–water partition coefficient (Wildman–Crippen LogP) is 2.70. The van der Waals surface area contributed by atoms with Crippen LogP contribution in [0.2, 0.25) is 0 Å². The highest BCUT2D eigenvalue weighted by Crippen LogP contribution is 2.32. The molecule has 1 atom stereocenters. The molecular formula is C13H15F3N2O2S. The smallest absolute Gasteiger partial charge is 0.416 e. The number of rotatable bonds is 5. The second kappa shape index (κ2) is 6.75. The zero-order valence-corrected chi connectivity index (χ0v) is 12.3. The van der Waals surface area contributed by atoms with Crippen LogP contribution in [-0.2, 0) is 15.7 Å². The van der Waals surface area contributed by atoms with Crippen LogP contribution >= 0.6 is 12.2 Å². The zero-order valence-electron chi connectivity index (χ0n) is 11.5. The number of carbonyl (C=O) groups excluding carboxylic acids is 1. The van der Waals surface area contributed by atoms with Gasteiger partial charge in [-0.05, 0) is 32.0 Å². The molecule has 1 unspecified atom stereocenters. The van der Waals surface area contributed by atoms with Crippen LogP contribution in [0.3, 0.4) is 0 Å². The molecule has 0 aliphatic rings. The van der Waals surface area contributed by atoms with Gasteiger partial charge in [-0.2, -0.15) is 13.2 Å². The van der Waals surface area contributed by atoms with Crippen molar-refractivity contribution >= 4 is 28.9 Å². The molecule has 0 heterocycles. The lowest BCUT2D eigenvalue weighted by atomic mass is 10.1. The standard InChI is InChI=1S/C13H15F3N2O2S/c1-3-20-12(19)7(2)18-10-5-4-8(13(14,15)16)6-9(10)11(17)21/h4-7,18H,3H2,1-2H3,(H2,17,21). The Bertz CT molecular complexity index is 547. The summed E-state index contributed by atoms with van der Waals surface area (Å²) in [5, 5.41) is 2.75. The van der Waals surface area contributed by atoms with Crippen LogP contribution in [0.1, 0.15) is 25.0 Å². The van der Waals surface area contributed by atoms with Gasteiger partial charge in [0, 0.05) is 11.3 Å². The molecule has 0 fully saturated rings. The monoisotopic (exact) mass is 320 g/mol. The van der Waals surface area contributed by atoms with Crippen molar-refractivity contribution in [2.45, 2.75) is 26.1 Å². The lowest BCUT2D eigenvalue weighted by Gasteiger charge is -2.18. The lowest BCUT2D eigenvalue weighted by molar-refractivity contribution is -0.143. The number of anilines is 1. The Morgan fingerprint density at radius 3 is 2.57 bits per heavy atom. The molecule has 8 heteroatoms. The van der Waals surface area contributed by atoms with Crippen LogP contribution in [-0.4, -0.2) is 23.6 Å². The van der Waals surface area contributed by atoms with E-state index in [-0.39, 0.29) is 22.8 Å². The number of halogens is 3. The number of benzene rings is 1. The quantitative estimate of drug-likeness (QED) is 0.645. The highest BCUT2D eigenvalue weighted by Gasteiger charge is 2.31. The molecule has 1 aromatic carbocycles. The fourth-order valence-corrected chi connectivity index (χ4v) is 1.78. The average Bonchev–Trinajstić information content (AvgIpc) is 2.37. The average molecular weight is 320 g/mol. The zero-order chi connectivity index (χ0) is 16.2. The maximum Gasteiger partial charge on any atom is 0.416 e. The minimum Gasteiger partial charge on any atom is -0.464 e. The molecule has 0 aromatic heterocycles. The van der Waals surface area contributed by atoms with Crippen LogP contribution in [0.5, 0.6) is 0 Å². The minimum absolute atomic E-state index is 0.0240. The summed E-state index contributed by atoms with van der Waals surface area (Å²) in [5.41, 5.74) is 4.85. The second-order valence-corrected chi connectivity index (χ2v) is 4.68. The van der Waals surface area contributed by atoms with Crippen molar-refractivity contribution in [1.29, 1.82) is 0 Å². The third-order valence-electron chi connectivity index (χ3n) is 2.62. The van der Waals surface area contributed by atoms with Gasteiger partial charge in [-0.15, -0.1) is 0 Å². The Morgan fingerprint density at radius 1 is 1.48 bits per heavy atom. The van der Waals surface area contributed by atoms with Crippen LogP contribution in [0.25, 0.3) is 0 Å². The van der Waals surface area contributed by atoms with E-state index in [1.807, 2.05) is 0 Å². The molecule has 3 N–H and O–H groups in total. The van der Waals surface area contributed by atoms with Crippen molar-refractivity contribution < 1.29 is 22.7 Å². The molecule has 0 spiro atoms. The highest BCUT2D eigenvalue weighted by atomic mass is 32.1. The largest absolute Gasteiger partial charge is 0.464 e. The molecule has 0 saturated carbocycles. The Hall–Kier alpha value is -1.83. The summed E-state index contributed by atoms with van der Waals surface area (Å²) in [6.45, 7) is 3.39. The summed E-state index contributed by atoms with van der Waals surface area (Å²) < 4.78 is 42.8. The Kier molecular flexibility index (Phi) is 5.54. The number of esters is 1. The topological polar surface area (TPSA) is 64.3 Å². The summed E-state index contributed by atoms with van der Waals surface area (Å²) >= 11 is 4.76. The molecule has 0 radical (unpaired) electrons. The van der Waals surface area contributed by atoms with Gasteiger partial charge in [0.05, 0.1) is 12.2 Å². The maximum absolute atomic E-state index is 12.7. The number of nitrogens with two attached hydrogens (primary N) is 1. The summed E-state index contributed by atoms with van der Waals surface area (Å²) in [6.07, 6.45) is -4.50. The second-order valence-electron chi connectivity index (χ2n) is 4.24. The number of nitrogens with one attached hydrogen (secondary N) is 1. The van der Waals surface area contributed by atoms with Crippen LogP contribution in [0.15, 0.2) is 18.2 Å². The molecule has 1 aromatic rings. The van der Waals surface area contributed by atoms with E-state index in [2.05, 4.69) is 5.32 Å². The van der Waals surface area contributed by atoms with E-state index in [0.717, 1.165) is 12.1 Å². The fourth-order valence-electron chi connectivity index (χ4n) is 1.61. The number of carbonyl (C=O) groups is 1. The molecule has 116 valence electrons. The minimum atomic E-state index is -4.50. The Balaban J connectivity index is 3.08. The maximum atomic E-state index is 12.7. The summed E-state index contributed by atoms with van der Waals surface area (Å²) in [6, 6.07) is 2.19. The molecule has 0 amide bonds. The van der Waals surface area contributed by atoms with E-state index in [1.165, 1.54) is 13.0 Å². The number of thiocarbonyl (C=S) groups is 1. The van der Waals surface area contributed by atoms with Crippen LogP contribution < -0.4 is 11.1 Å². The van der Waals surface area contributed by atoms with E-state index < -0.39 is 23.8 Å². The normalized spacial score (nSPS) is 12.6. The van der Waals surface area contributed by atoms with Gasteiger partial charge in [-0.1, -0.05) is 12.2 Å². The van der Waals surface area contributed by atoms with Gasteiger partial charge in [0.15, 0.2) is 0 Å². The van der Waals surface area contributed by atoms with E-state index in [0.29, 0.717) is 0 Å². The SMILES string of the molecule is CCOC(=O)C(C)Nc1ccc(C(F)(F)F)cc1C(N)=S. The molecule has 1 rings (SSSR count). The van der Waals surface area contributed by atoms with Crippen molar-refractivity contribution in [2.75, 3.05) is 11.9 Å².